The number of likely N-dealkylation sites (tertiary alicyclic amines) is 1. The second-order valence-electron chi connectivity index (χ2n) is 6.03. The smallest absolute Gasteiger partial charge is 0.307 e. The van der Waals surface area contributed by atoms with Gasteiger partial charge in [-0.2, -0.15) is 0 Å². The summed E-state index contributed by atoms with van der Waals surface area (Å²) in [6, 6.07) is 3.74. The van der Waals surface area contributed by atoms with E-state index in [1.165, 1.54) is 11.3 Å². The quantitative estimate of drug-likeness (QED) is 0.891. The van der Waals surface area contributed by atoms with Crippen LogP contribution in [0, 0.1) is 11.8 Å². The number of carbonyl (C=O) groups excluding carboxylic acids is 1. The summed E-state index contributed by atoms with van der Waals surface area (Å²) in [6.07, 6.45) is 0.684. The van der Waals surface area contributed by atoms with Gasteiger partial charge >= 0.3 is 5.97 Å². The van der Waals surface area contributed by atoms with Gasteiger partial charge in [0, 0.05) is 25.0 Å². The zero-order valence-corrected chi connectivity index (χ0v) is 14.4. The van der Waals surface area contributed by atoms with Crippen LogP contribution in [0.2, 0.25) is 4.34 Å². The summed E-state index contributed by atoms with van der Waals surface area (Å²) in [6.45, 7) is 4.05. The van der Waals surface area contributed by atoms with Crippen molar-refractivity contribution in [2.45, 2.75) is 19.9 Å². The Morgan fingerprint density at radius 1 is 1.45 bits per heavy atom. The summed E-state index contributed by atoms with van der Waals surface area (Å²) < 4.78 is 0.713. The normalized spacial score (nSPS) is 22.5. The maximum Gasteiger partial charge on any atom is 0.307 e. The first-order valence-corrected chi connectivity index (χ1v) is 8.48. The first-order valence-electron chi connectivity index (χ1n) is 7.28. The van der Waals surface area contributed by atoms with Crippen LogP contribution in [0.1, 0.15) is 18.2 Å². The summed E-state index contributed by atoms with van der Waals surface area (Å²) in [7, 11) is 1.76. The van der Waals surface area contributed by atoms with Gasteiger partial charge in [-0.15, -0.1) is 11.3 Å². The summed E-state index contributed by atoms with van der Waals surface area (Å²) in [5, 5.41) is 9.18. The molecule has 7 heteroatoms. The maximum absolute atomic E-state index is 12.3. The van der Waals surface area contributed by atoms with Crippen LogP contribution in [0.4, 0.5) is 0 Å². The lowest BCUT2D eigenvalue weighted by molar-refractivity contribution is -0.145. The average molecular weight is 345 g/mol. The number of rotatable bonds is 5. The third-order valence-corrected chi connectivity index (χ3v) is 5.11. The molecule has 1 aliphatic rings. The minimum atomic E-state index is -0.773. The monoisotopic (exact) mass is 344 g/mol. The third kappa shape index (κ3) is 4.69. The van der Waals surface area contributed by atoms with Gasteiger partial charge in [0.1, 0.15) is 0 Å². The van der Waals surface area contributed by atoms with Crippen molar-refractivity contribution in [1.29, 1.82) is 0 Å². The van der Waals surface area contributed by atoms with Crippen LogP contribution in [-0.2, 0) is 16.1 Å². The molecule has 22 heavy (non-hydrogen) atoms. The minimum Gasteiger partial charge on any atom is -0.481 e. The number of aliphatic carboxylic acids is 1. The van der Waals surface area contributed by atoms with Crippen molar-refractivity contribution in [1.82, 2.24) is 9.80 Å². The predicted molar refractivity (Wildman–Crippen MR) is 87.1 cm³/mol. The highest BCUT2D eigenvalue weighted by Crippen LogP contribution is 2.23. The Kier molecular flexibility index (Phi) is 5.83. The zero-order valence-electron chi connectivity index (χ0n) is 12.8. The minimum absolute atomic E-state index is 0.00256. The predicted octanol–water partition coefficient (Wildman–Crippen LogP) is 2.40. The van der Waals surface area contributed by atoms with Crippen LogP contribution in [0.5, 0.6) is 0 Å². The number of amides is 1. The van der Waals surface area contributed by atoms with E-state index in [9.17, 15) is 14.7 Å². The van der Waals surface area contributed by atoms with E-state index in [2.05, 4.69) is 0 Å². The van der Waals surface area contributed by atoms with E-state index in [0.29, 0.717) is 29.8 Å². The van der Waals surface area contributed by atoms with Crippen LogP contribution >= 0.6 is 22.9 Å². The number of likely N-dealkylation sites (N-methyl/N-ethyl adjacent to an activating group) is 1. The van der Waals surface area contributed by atoms with Crippen LogP contribution in [0.15, 0.2) is 12.1 Å². The molecule has 0 saturated carbocycles. The summed E-state index contributed by atoms with van der Waals surface area (Å²) in [4.78, 5) is 28.1. The fourth-order valence-corrected chi connectivity index (χ4v) is 3.98. The number of carboxylic acids is 1. The molecule has 2 atom stereocenters. The Balaban J connectivity index is 1.88. The Morgan fingerprint density at radius 2 is 2.18 bits per heavy atom. The Morgan fingerprint density at radius 3 is 2.77 bits per heavy atom. The van der Waals surface area contributed by atoms with E-state index < -0.39 is 5.97 Å². The molecule has 2 unspecified atom stereocenters. The zero-order chi connectivity index (χ0) is 16.3. The fraction of sp³-hybridized carbons (Fsp3) is 0.600. The van der Waals surface area contributed by atoms with Crippen molar-refractivity contribution in [3.05, 3.63) is 21.3 Å². The topological polar surface area (TPSA) is 60.9 Å². The molecule has 2 rings (SSSR count). The molecule has 5 nitrogen and oxygen atoms in total. The van der Waals surface area contributed by atoms with E-state index in [0.717, 1.165) is 11.4 Å². The molecule has 0 spiro atoms. The van der Waals surface area contributed by atoms with Crippen molar-refractivity contribution in [3.63, 3.8) is 0 Å². The van der Waals surface area contributed by atoms with Crippen LogP contribution in [0.25, 0.3) is 0 Å². The van der Waals surface area contributed by atoms with Gasteiger partial charge in [-0.05, 0) is 24.5 Å². The first kappa shape index (κ1) is 17.2. The van der Waals surface area contributed by atoms with Gasteiger partial charge in [0.2, 0.25) is 5.91 Å². The largest absolute Gasteiger partial charge is 0.481 e. The molecule has 1 aromatic heterocycles. The molecule has 1 aromatic rings. The molecular weight excluding hydrogens is 324 g/mol. The van der Waals surface area contributed by atoms with Crippen LogP contribution in [-0.4, -0.2) is 53.5 Å². The number of thiophene rings is 1. The molecule has 0 bridgehead atoms. The standard InChI is InChI=1S/C15H21ClN2O3S/c1-10-5-11(15(20)21)7-18(6-10)9-14(19)17(2)8-12-3-4-13(16)22-12/h3-4,10-11H,5-9H2,1-2H3,(H,20,21). The SMILES string of the molecule is CC1CC(C(=O)O)CN(CC(=O)N(C)Cc2ccc(Cl)s2)C1. The molecule has 1 amide bonds. The molecular formula is C15H21ClN2O3S. The molecule has 1 N–H and O–H groups in total. The van der Waals surface area contributed by atoms with Gasteiger partial charge in [-0.25, -0.2) is 0 Å². The van der Waals surface area contributed by atoms with Crippen LogP contribution < -0.4 is 0 Å². The number of carboxylic acid groups (broad SMARTS) is 1. The van der Waals surface area contributed by atoms with Gasteiger partial charge in [0.25, 0.3) is 0 Å². The number of nitrogens with zero attached hydrogens (tertiary/aromatic N) is 2. The molecule has 2 heterocycles. The molecule has 1 fully saturated rings. The lowest BCUT2D eigenvalue weighted by atomic mass is 9.90. The molecule has 1 saturated heterocycles. The average Bonchev–Trinajstić information content (AvgIpc) is 2.83. The highest BCUT2D eigenvalue weighted by atomic mass is 35.5. The maximum atomic E-state index is 12.3. The van der Waals surface area contributed by atoms with E-state index in [4.69, 9.17) is 11.6 Å². The van der Waals surface area contributed by atoms with E-state index in [1.807, 2.05) is 24.0 Å². The lowest BCUT2D eigenvalue weighted by Gasteiger charge is -2.34. The Bertz CT molecular complexity index is 549. The molecule has 0 aromatic carbocycles. The van der Waals surface area contributed by atoms with Gasteiger partial charge < -0.3 is 10.0 Å². The van der Waals surface area contributed by atoms with Crippen molar-refractivity contribution >= 4 is 34.8 Å². The Hall–Kier alpha value is -1.11. The number of hydrogen-bond donors (Lipinski definition) is 1. The van der Waals surface area contributed by atoms with Gasteiger partial charge in [-0.3, -0.25) is 14.5 Å². The summed E-state index contributed by atoms with van der Waals surface area (Å²) in [5.74, 6) is -0.852. The second kappa shape index (κ2) is 7.44. The van der Waals surface area contributed by atoms with Crippen LogP contribution in [0.3, 0.4) is 0 Å². The van der Waals surface area contributed by atoms with Crippen molar-refractivity contribution in [2.75, 3.05) is 26.7 Å². The summed E-state index contributed by atoms with van der Waals surface area (Å²) in [5.41, 5.74) is 0. The lowest BCUT2D eigenvalue weighted by Crippen LogP contribution is -2.47. The molecule has 122 valence electrons. The number of carbonyl (C=O) groups is 2. The van der Waals surface area contributed by atoms with Gasteiger partial charge in [-0.1, -0.05) is 18.5 Å². The number of halogens is 1. The fourth-order valence-electron chi connectivity index (χ4n) is 2.84. The van der Waals surface area contributed by atoms with E-state index >= 15 is 0 Å². The van der Waals surface area contributed by atoms with Gasteiger partial charge in [0.05, 0.1) is 23.3 Å². The Labute approximate surface area is 139 Å². The molecule has 1 aliphatic heterocycles. The first-order chi connectivity index (χ1) is 10.3. The number of hydrogen-bond acceptors (Lipinski definition) is 4. The van der Waals surface area contributed by atoms with E-state index in [-0.39, 0.29) is 18.4 Å². The van der Waals surface area contributed by atoms with Crippen molar-refractivity contribution in [3.8, 4) is 0 Å². The third-order valence-electron chi connectivity index (χ3n) is 3.89. The molecule has 0 aliphatic carbocycles. The van der Waals surface area contributed by atoms with Crippen molar-refractivity contribution < 1.29 is 14.7 Å². The second-order valence-corrected chi connectivity index (χ2v) is 7.83. The molecule has 0 radical (unpaired) electrons. The van der Waals surface area contributed by atoms with Gasteiger partial charge in [0.15, 0.2) is 0 Å². The highest BCUT2D eigenvalue weighted by molar-refractivity contribution is 7.16. The van der Waals surface area contributed by atoms with Crippen molar-refractivity contribution in [2.24, 2.45) is 11.8 Å². The van der Waals surface area contributed by atoms with E-state index in [1.54, 1.807) is 11.9 Å². The highest BCUT2D eigenvalue weighted by Gasteiger charge is 2.30. The summed E-state index contributed by atoms with van der Waals surface area (Å²) >= 11 is 7.36. The number of piperidine rings is 1.